The molecule has 4 nitrogen and oxygen atoms in total. The van der Waals surface area contributed by atoms with Crippen molar-refractivity contribution in [1.29, 1.82) is 0 Å². The fourth-order valence-corrected chi connectivity index (χ4v) is 3.78. The number of carbonyl (C=O) groups excluding carboxylic acids is 1. The van der Waals surface area contributed by atoms with Crippen LogP contribution in [0.3, 0.4) is 0 Å². The Bertz CT molecular complexity index is 481. The standard InChI is InChI=1S/C22H36O4/c1-3-4-9-17(2)16-19(23)14-12-18-13-15-21(24)20(18)10-7-5-6-8-11-22(25)26/h8,11-12,14,17-20,23H,3-7,9-10,13,15-16H2,1-2H3,(H,25,26)/t17-,18-,19+,20+/m0/s1. The fraction of sp³-hybridized carbons (Fsp3) is 0.727. The SMILES string of the molecule is CCCC[C@H](C)C[C@H](O)C=C[C@H]1CCC(=O)[C@@H]1CCCCC=CC(=O)O. The molecule has 0 bridgehead atoms. The minimum absolute atomic E-state index is 0.0689. The number of allylic oxidation sites excluding steroid dienone is 2. The summed E-state index contributed by atoms with van der Waals surface area (Å²) < 4.78 is 0. The highest BCUT2D eigenvalue weighted by Crippen LogP contribution is 2.34. The minimum Gasteiger partial charge on any atom is -0.478 e. The van der Waals surface area contributed by atoms with Crippen LogP contribution in [0.4, 0.5) is 0 Å². The number of ketones is 1. The van der Waals surface area contributed by atoms with Gasteiger partial charge in [-0.3, -0.25) is 4.79 Å². The number of hydrogen-bond acceptors (Lipinski definition) is 3. The van der Waals surface area contributed by atoms with Gasteiger partial charge in [-0.05, 0) is 43.9 Å². The molecule has 0 aromatic heterocycles. The van der Waals surface area contributed by atoms with Crippen LogP contribution in [0.2, 0.25) is 0 Å². The van der Waals surface area contributed by atoms with E-state index in [9.17, 15) is 14.7 Å². The zero-order valence-corrected chi connectivity index (χ0v) is 16.4. The van der Waals surface area contributed by atoms with E-state index in [1.807, 2.05) is 6.08 Å². The van der Waals surface area contributed by atoms with Gasteiger partial charge in [-0.15, -0.1) is 0 Å². The molecular weight excluding hydrogens is 328 g/mol. The normalized spacial score (nSPS) is 23.1. The van der Waals surface area contributed by atoms with E-state index in [-0.39, 0.29) is 11.8 Å². The number of aliphatic hydroxyl groups excluding tert-OH is 1. The van der Waals surface area contributed by atoms with E-state index in [0.29, 0.717) is 18.1 Å². The summed E-state index contributed by atoms with van der Waals surface area (Å²) in [6, 6.07) is 0. The summed E-state index contributed by atoms with van der Waals surface area (Å²) in [6.45, 7) is 4.37. The molecule has 0 saturated heterocycles. The number of aliphatic carboxylic acids is 1. The topological polar surface area (TPSA) is 74.6 Å². The largest absolute Gasteiger partial charge is 0.478 e. The van der Waals surface area contributed by atoms with Crippen molar-refractivity contribution in [2.45, 2.75) is 84.2 Å². The average Bonchev–Trinajstić information content (AvgIpc) is 2.94. The minimum atomic E-state index is -0.913. The highest BCUT2D eigenvalue weighted by molar-refractivity contribution is 5.83. The van der Waals surface area contributed by atoms with Crippen molar-refractivity contribution < 1.29 is 19.8 Å². The molecule has 0 radical (unpaired) electrons. The molecule has 4 heteroatoms. The first kappa shape index (κ1) is 22.6. The molecule has 2 N–H and O–H groups in total. The van der Waals surface area contributed by atoms with Crippen molar-refractivity contribution >= 4 is 11.8 Å². The molecule has 0 unspecified atom stereocenters. The number of carboxylic acid groups (broad SMARTS) is 1. The molecule has 1 aliphatic rings. The van der Waals surface area contributed by atoms with Crippen LogP contribution in [-0.2, 0) is 9.59 Å². The number of unbranched alkanes of at least 4 members (excludes halogenated alkanes) is 3. The van der Waals surface area contributed by atoms with Crippen LogP contribution < -0.4 is 0 Å². The second-order valence-corrected chi connectivity index (χ2v) is 7.74. The average molecular weight is 365 g/mol. The molecule has 0 heterocycles. The first-order chi connectivity index (χ1) is 12.4. The van der Waals surface area contributed by atoms with Crippen molar-refractivity contribution in [3.8, 4) is 0 Å². The fourth-order valence-electron chi connectivity index (χ4n) is 3.78. The summed E-state index contributed by atoms with van der Waals surface area (Å²) in [5, 5.41) is 18.8. The first-order valence-corrected chi connectivity index (χ1v) is 10.2. The zero-order chi connectivity index (χ0) is 19.4. The van der Waals surface area contributed by atoms with Gasteiger partial charge >= 0.3 is 5.97 Å². The van der Waals surface area contributed by atoms with Gasteiger partial charge in [0, 0.05) is 18.4 Å². The van der Waals surface area contributed by atoms with Crippen LogP contribution in [0.5, 0.6) is 0 Å². The third-order valence-corrected chi connectivity index (χ3v) is 5.33. The monoisotopic (exact) mass is 364 g/mol. The van der Waals surface area contributed by atoms with Gasteiger partial charge in [-0.2, -0.15) is 0 Å². The van der Waals surface area contributed by atoms with E-state index in [0.717, 1.165) is 44.9 Å². The van der Waals surface area contributed by atoms with E-state index in [4.69, 9.17) is 5.11 Å². The molecule has 0 aromatic rings. The van der Waals surface area contributed by atoms with Crippen LogP contribution in [0, 0.1) is 17.8 Å². The second kappa shape index (κ2) is 12.9. The summed E-state index contributed by atoms with van der Waals surface area (Å²) in [7, 11) is 0. The maximum Gasteiger partial charge on any atom is 0.327 e. The number of carbonyl (C=O) groups is 2. The third-order valence-electron chi connectivity index (χ3n) is 5.33. The van der Waals surface area contributed by atoms with Crippen molar-refractivity contribution in [2.75, 3.05) is 0 Å². The van der Waals surface area contributed by atoms with Gasteiger partial charge in [0.25, 0.3) is 0 Å². The quantitative estimate of drug-likeness (QED) is 0.276. The lowest BCUT2D eigenvalue weighted by Crippen LogP contribution is -2.14. The van der Waals surface area contributed by atoms with Crippen molar-refractivity contribution in [3.05, 3.63) is 24.3 Å². The molecule has 26 heavy (non-hydrogen) atoms. The van der Waals surface area contributed by atoms with Gasteiger partial charge in [-0.1, -0.05) is 57.8 Å². The second-order valence-electron chi connectivity index (χ2n) is 7.74. The molecule has 0 aliphatic heterocycles. The lowest BCUT2D eigenvalue weighted by molar-refractivity contribution is -0.131. The van der Waals surface area contributed by atoms with Gasteiger partial charge in [0.2, 0.25) is 0 Å². The van der Waals surface area contributed by atoms with Crippen LogP contribution >= 0.6 is 0 Å². The van der Waals surface area contributed by atoms with Gasteiger partial charge in [-0.25, -0.2) is 4.79 Å². The zero-order valence-electron chi connectivity index (χ0n) is 16.4. The maximum absolute atomic E-state index is 12.1. The summed E-state index contributed by atoms with van der Waals surface area (Å²) in [5.74, 6) is 0.266. The number of hydrogen-bond donors (Lipinski definition) is 2. The van der Waals surface area contributed by atoms with Crippen molar-refractivity contribution in [1.82, 2.24) is 0 Å². The molecule has 1 fully saturated rings. The van der Waals surface area contributed by atoms with Gasteiger partial charge in [0.15, 0.2) is 0 Å². The Hall–Kier alpha value is -1.42. The first-order valence-electron chi connectivity index (χ1n) is 10.2. The van der Waals surface area contributed by atoms with Gasteiger partial charge in [0.1, 0.15) is 5.78 Å². The highest BCUT2D eigenvalue weighted by Gasteiger charge is 2.32. The number of aliphatic hydroxyl groups is 1. The predicted molar refractivity (Wildman–Crippen MR) is 105 cm³/mol. The molecule has 0 spiro atoms. The Morgan fingerprint density at radius 1 is 1.31 bits per heavy atom. The molecule has 0 amide bonds. The van der Waals surface area contributed by atoms with E-state index < -0.39 is 12.1 Å². The molecule has 148 valence electrons. The van der Waals surface area contributed by atoms with Gasteiger partial charge < -0.3 is 10.2 Å². The molecule has 1 rings (SSSR count). The van der Waals surface area contributed by atoms with E-state index in [1.165, 1.54) is 18.9 Å². The molecular formula is C22H36O4. The predicted octanol–water partition coefficient (Wildman–Crippen LogP) is 4.92. The van der Waals surface area contributed by atoms with E-state index in [1.54, 1.807) is 6.08 Å². The van der Waals surface area contributed by atoms with E-state index >= 15 is 0 Å². The highest BCUT2D eigenvalue weighted by atomic mass is 16.4. The molecule has 0 aromatic carbocycles. The number of carboxylic acids is 1. The van der Waals surface area contributed by atoms with Gasteiger partial charge in [0.05, 0.1) is 6.10 Å². The van der Waals surface area contributed by atoms with Crippen LogP contribution in [-0.4, -0.2) is 28.1 Å². The lowest BCUT2D eigenvalue weighted by Gasteiger charge is -2.17. The smallest absolute Gasteiger partial charge is 0.327 e. The molecule has 4 atom stereocenters. The summed E-state index contributed by atoms with van der Waals surface area (Å²) in [5.41, 5.74) is 0. The Kier molecular flexibility index (Phi) is 11.2. The summed E-state index contributed by atoms with van der Waals surface area (Å²) in [4.78, 5) is 22.6. The van der Waals surface area contributed by atoms with Crippen LogP contribution in [0.25, 0.3) is 0 Å². The Labute approximate surface area is 158 Å². The Morgan fingerprint density at radius 2 is 2.08 bits per heavy atom. The van der Waals surface area contributed by atoms with Crippen LogP contribution in [0.15, 0.2) is 24.3 Å². The lowest BCUT2D eigenvalue weighted by atomic mass is 9.89. The third kappa shape index (κ3) is 9.33. The molecule has 1 saturated carbocycles. The number of Topliss-reactive ketones (excluding diaryl/α,β-unsaturated/α-hetero) is 1. The Balaban J connectivity index is 2.37. The summed E-state index contributed by atoms with van der Waals surface area (Å²) >= 11 is 0. The number of rotatable bonds is 13. The summed E-state index contributed by atoms with van der Waals surface area (Å²) in [6.07, 6.45) is 15.7. The molecule has 1 aliphatic carbocycles. The van der Waals surface area contributed by atoms with Crippen LogP contribution in [0.1, 0.15) is 78.1 Å². The van der Waals surface area contributed by atoms with Crippen molar-refractivity contribution in [3.63, 3.8) is 0 Å². The Morgan fingerprint density at radius 3 is 2.77 bits per heavy atom. The maximum atomic E-state index is 12.1. The van der Waals surface area contributed by atoms with Crippen molar-refractivity contribution in [2.24, 2.45) is 17.8 Å². The van der Waals surface area contributed by atoms with E-state index in [2.05, 4.69) is 19.9 Å².